The zero-order valence-electron chi connectivity index (χ0n) is 11.8. The molecular formula is C14H19N5O. The van der Waals surface area contributed by atoms with Crippen LogP contribution in [0.3, 0.4) is 0 Å². The molecule has 2 atom stereocenters. The van der Waals surface area contributed by atoms with Crippen molar-refractivity contribution >= 4 is 23.3 Å². The predicted molar refractivity (Wildman–Crippen MR) is 77.5 cm³/mol. The first kappa shape index (κ1) is 12.9. The van der Waals surface area contributed by atoms with E-state index in [1.54, 1.807) is 6.33 Å². The molecule has 2 aromatic heterocycles. The summed E-state index contributed by atoms with van der Waals surface area (Å²) >= 11 is 0. The van der Waals surface area contributed by atoms with Crippen molar-refractivity contribution in [3.8, 4) is 0 Å². The van der Waals surface area contributed by atoms with Crippen molar-refractivity contribution in [2.75, 3.05) is 25.0 Å². The van der Waals surface area contributed by atoms with Gasteiger partial charge in [-0.15, -0.1) is 0 Å². The summed E-state index contributed by atoms with van der Waals surface area (Å²) in [6.07, 6.45) is 5.42. The maximum atomic E-state index is 11.0. The van der Waals surface area contributed by atoms with E-state index in [9.17, 15) is 4.79 Å². The zero-order chi connectivity index (χ0) is 14.1. The van der Waals surface area contributed by atoms with E-state index < -0.39 is 0 Å². The fourth-order valence-electron chi connectivity index (χ4n) is 2.97. The largest absolute Gasteiger partial charge is 0.354 e. The Balaban J connectivity index is 1.92. The van der Waals surface area contributed by atoms with Gasteiger partial charge in [0, 0.05) is 26.3 Å². The Labute approximate surface area is 117 Å². The molecule has 1 saturated heterocycles. The molecule has 6 nitrogen and oxygen atoms in total. The van der Waals surface area contributed by atoms with Crippen molar-refractivity contribution in [1.29, 1.82) is 0 Å². The molecule has 2 aromatic rings. The summed E-state index contributed by atoms with van der Waals surface area (Å²) in [7, 11) is 2.05. The van der Waals surface area contributed by atoms with Crippen LogP contribution in [0.4, 0.5) is 5.82 Å². The molecule has 1 aliphatic rings. The second kappa shape index (κ2) is 5.11. The molecule has 0 aromatic carbocycles. The third kappa shape index (κ3) is 2.11. The highest BCUT2D eigenvalue weighted by Crippen LogP contribution is 2.28. The predicted octanol–water partition coefficient (Wildman–Crippen LogP) is 1.26. The number of nitrogens with one attached hydrogen (secondary N) is 1. The third-order valence-corrected chi connectivity index (χ3v) is 4.26. The quantitative estimate of drug-likeness (QED) is 0.855. The smallest absolute Gasteiger partial charge is 0.209 e. The molecule has 1 fully saturated rings. The lowest BCUT2D eigenvalue weighted by Gasteiger charge is -2.40. The molecule has 20 heavy (non-hydrogen) atoms. The third-order valence-electron chi connectivity index (χ3n) is 4.26. The highest BCUT2D eigenvalue weighted by molar-refractivity contribution is 5.87. The molecule has 0 bridgehead atoms. The number of amides is 1. The molecule has 0 aliphatic carbocycles. The summed E-state index contributed by atoms with van der Waals surface area (Å²) in [5, 5.41) is 1.02. The Morgan fingerprint density at radius 2 is 2.35 bits per heavy atom. The zero-order valence-corrected chi connectivity index (χ0v) is 11.8. The van der Waals surface area contributed by atoms with E-state index in [1.807, 2.05) is 24.2 Å². The van der Waals surface area contributed by atoms with Crippen LogP contribution < -0.4 is 4.90 Å². The summed E-state index contributed by atoms with van der Waals surface area (Å²) in [6, 6.07) is 2.27. The van der Waals surface area contributed by atoms with Gasteiger partial charge in [-0.25, -0.2) is 9.97 Å². The summed E-state index contributed by atoms with van der Waals surface area (Å²) in [4.78, 5) is 26.8. The van der Waals surface area contributed by atoms with Crippen LogP contribution in [-0.4, -0.2) is 52.4 Å². The van der Waals surface area contributed by atoms with Crippen LogP contribution in [-0.2, 0) is 4.79 Å². The maximum absolute atomic E-state index is 11.0. The van der Waals surface area contributed by atoms with E-state index in [1.165, 1.54) is 0 Å². The molecule has 2 unspecified atom stereocenters. The number of carbonyl (C=O) groups is 1. The van der Waals surface area contributed by atoms with Crippen LogP contribution in [0.5, 0.6) is 0 Å². The van der Waals surface area contributed by atoms with Crippen LogP contribution in [0.15, 0.2) is 18.6 Å². The Kier molecular flexibility index (Phi) is 3.30. The molecule has 1 aliphatic heterocycles. The number of hydrogen-bond donors (Lipinski definition) is 1. The van der Waals surface area contributed by atoms with Gasteiger partial charge in [0.25, 0.3) is 0 Å². The highest BCUT2D eigenvalue weighted by atomic mass is 16.1. The minimum atomic E-state index is 0.280. The molecular weight excluding hydrogens is 254 g/mol. The average molecular weight is 273 g/mol. The first-order valence-corrected chi connectivity index (χ1v) is 6.91. The topological polar surface area (TPSA) is 65.1 Å². The fourth-order valence-corrected chi connectivity index (χ4v) is 2.97. The van der Waals surface area contributed by atoms with Gasteiger partial charge < -0.3 is 14.8 Å². The van der Waals surface area contributed by atoms with Gasteiger partial charge in [-0.05, 0) is 18.4 Å². The van der Waals surface area contributed by atoms with E-state index >= 15 is 0 Å². The molecule has 106 valence electrons. The number of hydrogen-bond acceptors (Lipinski definition) is 4. The summed E-state index contributed by atoms with van der Waals surface area (Å²) in [5.41, 5.74) is 0.845. The summed E-state index contributed by atoms with van der Waals surface area (Å²) < 4.78 is 0. The summed E-state index contributed by atoms with van der Waals surface area (Å²) in [5.74, 6) is 1.45. The number of aromatic nitrogens is 3. The maximum Gasteiger partial charge on any atom is 0.209 e. The molecule has 1 N–H and O–H groups in total. The number of carbonyl (C=O) groups excluding carboxylic acids is 1. The molecule has 0 radical (unpaired) electrons. The molecule has 0 saturated carbocycles. The standard InChI is InChI=1S/C14H19N5O/c1-10-4-6-19(9-20)7-12(10)18(2)14-11-3-5-15-13(11)16-8-17-14/h3,5,8-10,12H,4,6-7H2,1-2H3,(H,15,16,17). The Hall–Kier alpha value is -2.11. The minimum absolute atomic E-state index is 0.280. The number of likely N-dealkylation sites (N-methyl/N-ethyl adjacent to an activating group) is 1. The molecule has 3 heterocycles. The van der Waals surface area contributed by atoms with Crippen LogP contribution in [0.1, 0.15) is 13.3 Å². The van der Waals surface area contributed by atoms with Crippen molar-refractivity contribution in [2.45, 2.75) is 19.4 Å². The Morgan fingerprint density at radius 3 is 3.15 bits per heavy atom. The molecule has 3 rings (SSSR count). The van der Waals surface area contributed by atoms with Crippen LogP contribution in [0.25, 0.3) is 11.0 Å². The van der Waals surface area contributed by atoms with Gasteiger partial charge in [0.05, 0.1) is 11.4 Å². The number of fused-ring (bicyclic) bond motifs is 1. The second-order valence-electron chi connectivity index (χ2n) is 5.48. The first-order valence-electron chi connectivity index (χ1n) is 6.91. The number of H-pyrrole nitrogens is 1. The van der Waals surface area contributed by atoms with Crippen molar-refractivity contribution in [3.63, 3.8) is 0 Å². The van der Waals surface area contributed by atoms with E-state index in [-0.39, 0.29) is 6.04 Å². The lowest BCUT2D eigenvalue weighted by molar-refractivity contribution is -0.119. The number of rotatable bonds is 3. The first-order chi connectivity index (χ1) is 9.70. The molecule has 1 amide bonds. The van der Waals surface area contributed by atoms with Gasteiger partial charge >= 0.3 is 0 Å². The van der Waals surface area contributed by atoms with Crippen LogP contribution >= 0.6 is 0 Å². The lowest BCUT2D eigenvalue weighted by Crippen LogP contribution is -2.50. The number of likely N-dealkylation sites (tertiary alicyclic amines) is 1. The Bertz CT molecular complexity index is 610. The van der Waals surface area contributed by atoms with E-state index in [0.717, 1.165) is 42.8 Å². The van der Waals surface area contributed by atoms with Gasteiger partial charge in [-0.1, -0.05) is 6.92 Å². The number of piperidine rings is 1. The van der Waals surface area contributed by atoms with Gasteiger partial charge in [-0.3, -0.25) is 4.79 Å². The van der Waals surface area contributed by atoms with Crippen molar-refractivity contribution < 1.29 is 4.79 Å². The van der Waals surface area contributed by atoms with E-state index in [4.69, 9.17) is 0 Å². The lowest BCUT2D eigenvalue weighted by atomic mass is 9.92. The number of nitrogens with zero attached hydrogens (tertiary/aromatic N) is 4. The van der Waals surface area contributed by atoms with Gasteiger partial charge in [0.15, 0.2) is 0 Å². The van der Waals surface area contributed by atoms with Crippen molar-refractivity contribution in [1.82, 2.24) is 19.9 Å². The van der Waals surface area contributed by atoms with Crippen molar-refractivity contribution in [2.24, 2.45) is 5.92 Å². The average Bonchev–Trinajstić information content (AvgIpc) is 2.95. The SMILES string of the molecule is CC1CCN(C=O)CC1N(C)c1ncnc2[nH]ccc12. The van der Waals surface area contributed by atoms with Crippen LogP contribution in [0, 0.1) is 5.92 Å². The summed E-state index contributed by atoms with van der Waals surface area (Å²) in [6.45, 7) is 3.83. The van der Waals surface area contributed by atoms with Gasteiger partial charge in [0.1, 0.15) is 17.8 Å². The van der Waals surface area contributed by atoms with E-state index in [2.05, 4.69) is 26.8 Å². The second-order valence-corrected chi connectivity index (χ2v) is 5.48. The molecule has 0 spiro atoms. The highest BCUT2D eigenvalue weighted by Gasteiger charge is 2.30. The van der Waals surface area contributed by atoms with Gasteiger partial charge in [-0.2, -0.15) is 0 Å². The molecule has 6 heteroatoms. The Morgan fingerprint density at radius 1 is 1.50 bits per heavy atom. The normalized spacial score (nSPS) is 23.0. The van der Waals surface area contributed by atoms with Crippen molar-refractivity contribution in [3.05, 3.63) is 18.6 Å². The minimum Gasteiger partial charge on any atom is -0.354 e. The van der Waals surface area contributed by atoms with E-state index in [0.29, 0.717) is 5.92 Å². The monoisotopic (exact) mass is 273 g/mol. The van der Waals surface area contributed by atoms with Crippen LogP contribution in [0.2, 0.25) is 0 Å². The fraction of sp³-hybridized carbons (Fsp3) is 0.500. The number of anilines is 1. The van der Waals surface area contributed by atoms with Gasteiger partial charge in [0.2, 0.25) is 6.41 Å². The number of aromatic amines is 1.